The summed E-state index contributed by atoms with van der Waals surface area (Å²) in [5.41, 5.74) is 5.60. The number of hydrogen-bond donors (Lipinski definition) is 2. The lowest BCUT2D eigenvalue weighted by Gasteiger charge is -2.30. The first-order chi connectivity index (χ1) is 7.04. The van der Waals surface area contributed by atoms with Crippen molar-refractivity contribution >= 4 is 11.8 Å². The molecule has 1 saturated heterocycles. The summed E-state index contributed by atoms with van der Waals surface area (Å²) in [6.45, 7) is 2.46. The summed E-state index contributed by atoms with van der Waals surface area (Å²) >= 11 is 0. The monoisotopic (exact) mass is 213 g/mol. The zero-order chi connectivity index (χ0) is 11.4. The van der Waals surface area contributed by atoms with Crippen LogP contribution in [0.5, 0.6) is 0 Å². The molecule has 0 aromatic carbocycles. The number of carbonyl (C=O) groups is 2. The molecule has 86 valence electrons. The molecule has 1 heterocycles. The van der Waals surface area contributed by atoms with Gasteiger partial charge in [-0.3, -0.25) is 9.59 Å². The minimum atomic E-state index is -0.437. The Bertz CT molecular complexity index is 255. The smallest absolute Gasteiger partial charge is 0.237 e. The standard InChI is InChI=1S/C10H19N3O2/c1-3-8(11)10(15)12-7-4-5-9(14)13(2)6-7/h7-8H,3-6,11H2,1-2H3,(H,12,15)/t7?,8-/m1/s1. The highest BCUT2D eigenvalue weighted by atomic mass is 16.2. The van der Waals surface area contributed by atoms with Crippen molar-refractivity contribution in [3.8, 4) is 0 Å². The number of amides is 2. The second kappa shape index (κ2) is 5.11. The first-order valence-corrected chi connectivity index (χ1v) is 5.34. The molecule has 1 rings (SSSR count). The summed E-state index contributed by atoms with van der Waals surface area (Å²) < 4.78 is 0. The lowest BCUT2D eigenvalue weighted by atomic mass is 10.1. The van der Waals surface area contributed by atoms with Crippen molar-refractivity contribution in [1.29, 1.82) is 0 Å². The predicted molar refractivity (Wildman–Crippen MR) is 57.1 cm³/mol. The zero-order valence-corrected chi connectivity index (χ0v) is 9.32. The highest BCUT2D eigenvalue weighted by molar-refractivity contribution is 5.82. The van der Waals surface area contributed by atoms with E-state index in [1.165, 1.54) is 0 Å². The number of likely N-dealkylation sites (N-methyl/N-ethyl adjacent to an activating group) is 1. The van der Waals surface area contributed by atoms with Crippen molar-refractivity contribution in [2.75, 3.05) is 13.6 Å². The molecule has 2 amide bonds. The van der Waals surface area contributed by atoms with E-state index in [1.54, 1.807) is 11.9 Å². The highest BCUT2D eigenvalue weighted by Crippen LogP contribution is 2.09. The largest absolute Gasteiger partial charge is 0.350 e. The van der Waals surface area contributed by atoms with Gasteiger partial charge in [0.2, 0.25) is 11.8 Å². The van der Waals surface area contributed by atoms with Crippen LogP contribution in [-0.4, -0.2) is 42.4 Å². The van der Waals surface area contributed by atoms with Crippen LogP contribution in [0.25, 0.3) is 0 Å². The van der Waals surface area contributed by atoms with Crippen LogP contribution in [0.15, 0.2) is 0 Å². The Kier molecular flexibility index (Phi) is 4.08. The van der Waals surface area contributed by atoms with Crippen molar-refractivity contribution in [2.24, 2.45) is 5.73 Å². The van der Waals surface area contributed by atoms with Crippen molar-refractivity contribution in [3.63, 3.8) is 0 Å². The number of carbonyl (C=O) groups excluding carboxylic acids is 2. The molecule has 0 aromatic rings. The highest BCUT2D eigenvalue weighted by Gasteiger charge is 2.25. The Balaban J connectivity index is 2.40. The van der Waals surface area contributed by atoms with Crippen LogP contribution in [0.4, 0.5) is 0 Å². The fourth-order valence-electron chi connectivity index (χ4n) is 1.62. The second-order valence-electron chi connectivity index (χ2n) is 4.03. The number of rotatable bonds is 3. The molecule has 15 heavy (non-hydrogen) atoms. The molecule has 0 bridgehead atoms. The van der Waals surface area contributed by atoms with E-state index in [2.05, 4.69) is 5.32 Å². The van der Waals surface area contributed by atoms with E-state index >= 15 is 0 Å². The lowest BCUT2D eigenvalue weighted by molar-refractivity contribution is -0.134. The van der Waals surface area contributed by atoms with Crippen LogP contribution in [0, 0.1) is 0 Å². The third-order valence-corrected chi connectivity index (χ3v) is 2.75. The summed E-state index contributed by atoms with van der Waals surface area (Å²) in [6, 6.07) is -0.384. The van der Waals surface area contributed by atoms with Gasteiger partial charge in [-0.1, -0.05) is 6.92 Å². The number of likely N-dealkylation sites (tertiary alicyclic amines) is 1. The molecule has 1 fully saturated rings. The molecular weight excluding hydrogens is 194 g/mol. The fourth-order valence-corrected chi connectivity index (χ4v) is 1.62. The first kappa shape index (κ1) is 12.0. The molecule has 2 atom stereocenters. The Morgan fingerprint density at radius 2 is 2.40 bits per heavy atom. The molecule has 3 N–H and O–H groups in total. The predicted octanol–water partition coefficient (Wildman–Crippen LogP) is -0.539. The molecule has 0 spiro atoms. The molecule has 0 aromatic heterocycles. The molecule has 1 unspecified atom stereocenters. The maximum absolute atomic E-state index is 11.5. The molecule has 5 nitrogen and oxygen atoms in total. The number of piperidine rings is 1. The van der Waals surface area contributed by atoms with Crippen LogP contribution in [0.2, 0.25) is 0 Å². The number of hydrogen-bond acceptors (Lipinski definition) is 3. The van der Waals surface area contributed by atoms with Crippen LogP contribution in [0.3, 0.4) is 0 Å². The number of nitrogens with one attached hydrogen (secondary N) is 1. The zero-order valence-electron chi connectivity index (χ0n) is 9.32. The van der Waals surface area contributed by atoms with E-state index in [4.69, 9.17) is 5.73 Å². The summed E-state index contributed by atoms with van der Waals surface area (Å²) in [7, 11) is 1.75. The Hall–Kier alpha value is -1.10. The molecule has 0 aliphatic carbocycles. The third kappa shape index (κ3) is 3.20. The van der Waals surface area contributed by atoms with Gasteiger partial charge in [0.15, 0.2) is 0 Å². The second-order valence-corrected chi connectivity index (χ2v) is 4.03. The van der Waals surface area contributed by atoms with Gasteiger partial charge in [-0.2, -0.15) is 0 Å². The van der Waals surface area contributed by atoms with E-state index in [9.17, 15) is 9.59 Å². The van der Waals surface area contributed by atoms with Crippen LogP contribution in [0.1, 0.15) is 26.2 Å². The van der Waals surface area contributed by atoms with Gasteiger partial charge in [0.25, 0.3) is 0 Å². The van der Waals surface area contributed by atoms with Crippen molar-refractivity contribution in [2.45, 2.75) is 38.3 Å². The number of nitrogens with zero attached hydrogens (tertiary/aromatic N) is 1. The van der Waals surface area contributed by atoms with E-state index in [0.717, 1.165) is 0 Å². The van der Waals surface area contributed by atoms with Gasteiger partial charge in [0.05, 0.1) is 6.04 Å². The average molecular weight is 213 g/mol. The van der Waals surface area contributed by atoms with Crippen molar-refractivity contribution < 1.29 is 9.59 Å². The third-order valence-electron chi connectivity index (χ3n) is 2.75. The fraction of sp³-hybridized carbons (Fsp3) is 0.800. The van der Waals surface area contributed by atoms with Crippen LogP contribution in [-0.2, 0) is 9.59 Å². The molecule has 1 aliphatic rings. The van der Waals surface area contributed by atoms with Gasteiger partial charge >= 0.3 is 0 Å². The van der Waals surface area contributed by atoms with Crippen molar-refractivity contribution in [1.82, 2.24) is 10.2 Å². The maximum Gasteiger partial charge on any atom is 0.237 e. The minimum Gasteiger partial charge on any atom is -0.350 e. The normalized spacial score (nSPS) is 23.8. The topological polar surface area (TPSA) is 75.4 Å². The summed E-state index contributed by atoms with van der Waals surface area (Å²) in [6.07, 6.45) is 1.85. The molecule has 0 radical (unpaired) electrons. The SMILES string of the molecule is CC[C@@H](N)C(=O)NC1CCC(=O)N(C)C1. The summed E-state index contributed by atoms with van der Waals surface area (Å²) in [5, 5.41) is 2.86. The minimum absolute atomic E-state index is 0.0535. The molecule has 5 heteroatoms. The molecular formula is C10H19N3O2. The van der Waals surface area contributed by atoms with E-state index < -0.39 is 6.04 Å². The quantitative estimate of drug-likeness (QED) is 0.661. The van der Waals surface area contributed by atoms with Gasteiger partial charge in [-0.25, -0.2) is 0 Å². The van der Waals surface area contributed by atoms with Crippen molar-refractivity contribution in [3.05, 3.63) is 0 Å². The average Bonchev–Trinajstić information content (AvgIpc) is 2.22. The number of nitrogens with two attached hydrogens (primary N) is 1. The molecule has 0 saturated carbocycles. The Morgan fingerprint density at radius 1 is 1.73 bits per heavy atom. The van der Waals surface area contributed by atoms with Gasteiger partial charge in [0, 0.05) is 26.1 Å². The van der Waals surface area contributed by atoms with Gasteiger partial charge in [-0.05, 0) is 12.8 Å². The Morgan fingerprint density at radius 3 is 2.93 bits per heavy atom. The van der Waals surface area contributed by atoms with Gasteiger partial charge in [0.1, 0.15) is 0 Å². The van der Waals surface area contributed by atoms with Crippen LogP contribution < -0.4 is 11.1 Å². The molecule has 1 aliphatic heterocycles. The Labute approximate surface area is 90.0 Å². The maximum atomic E-state index is 11.5. The summed E-state index contributed by atoms with van der Waals surface area (Å²) in [4.78, 5) is 24.3. The summed E-state index contributed by atoms with van der Waals surface area (Å²) in [5.74, 6) is 0.0190. The lowest BCUT2D eigenvalue weighted by Crippen LogP contribution is -2.52. The van der Waals surface area contributed by atoms with Gasteiger partial charge in [-0.15, -0.1) is 0 Å². The van der Waals surface area contributed by atoms with Gasteiger partial charge < -0.3 is 16.0 Å². The first-order valence-electron chi connectivity index (χ1n) is 5.34. The van der Waals surface area contributed by atoms with E-state index in [-0.39, 0.29) is 17.9 Å². The van der Waals surface area contributed by atoms with Crippen LogP contribution >= 0.6 is 0 Å². The van der Waals surface area contributed by atoms with E-state index in [1.807, 2.05) is 6.92 Å². The van der Waals surface area contributed by atoms with E-state index in [0.29, 0.717) is 25.8 Å².